The van der Waals surface area contributed by atoms with E-state index in [-0.39, 0.29) is 18.0 Å². The Hall–Kier alpha value is -1.86. The molecule has 1 aromatic rings. The predicted octanol–water partition coefficient (Wildman–Crippen LogP) is 0.671. The number of amides is 2. The first kappa shape index (κ1) is 17.5. The van der Waals surface area contributed by atoms with Crippen molar-refractivity contribution in [3.63, 3.8) is 0 Å². The van der Waals surface area contributed by atoms with Crippen LogP contribution in [0.25, 0.3) is 0 Å². The smallest absolute Gasteiger partial charge is 0.338 e. The molecule has 2 rings (SSSR count). The Morgan fingerprint density at radius 2 is 2.17 bits per heavy atom. The summed E-state index contributed by atoms with van der Waals surface area (Å²) in [5.41, 5.74) is 2.45. The maximum absolute atomic E-state index is 12.3. The van der Waals surface area contributed by atoms with Crippen molar-refractivity contribution in [2.45, 2.75) is 32.9 Å². The van der Waals surface area contributed by atoms with Gasteiger partial charge in [0.15, 0.2) is 0 Å². The summed E-state index contributed by atoms with van der Waals surface area (Å²) in [5.74, 6) is -0.356. The van der Waals surface area contributed by atoms with Gasteiger partial charge in [-0.15, -0.1) is 0 Å². The van der Waals surface area contributed by atoms with Gasteiger partial charge in [0.05, 0.1) is 31.0 Å². The number of rotatable bonds is 7. The van der Waals surface area contributed by atoms with E-state index in [4.69, 9.17) is 4.74 Å². The van der Waals surface area contributed by atoms with Gasteiger partial charge in [0.1, 0.15) is 13.1 Å². The molecule has 7 heteroatoms. The van der Waals surface area contributed by atoms with Crippen LogP contribution >= 0.6 is 11.3 Å². The molecule has 2 heterocycles. The molecule has 1 unspecified atom stereocenters. The van der Waals surface area contributed by atoms with Crippen molar-refractivity contribution in [2.24, 2.45) is 0 Å². The van der Waals surface area contributed by atoms with Gasteiger partial charge < -0.3 is 20.3 Å². The third-order valence-corrected chi connectivity index (χ3v) is 4.44. The second-order valence-electron chi connectivity index (χ2n) is 5.61. The van der Waals surface area contributed by atoms with E-state index in [2.05, 4.69) is 22.1 Å². The molecule has 2 atom stereocenters. The number of hydrogen-bond acceptors (Lipinski definition) is 4. The molecule has 0 saturated carbocycles. The molecule has 0 aliphatic carbocycles. The maximum Gasteiger partial charge on any atom is 0.338 e. The molecule has 23 heavy (non-hydrogen) atoms. The Morgan fingerprint density at radius 3 is 2.78 bits per heavy atom. The maximum atomic E-state index is 12.3. The molecule has 0 aromatic carbocycles. The van der Waals surface area contributed by atoms with Crippen LogP contribution in [-0.2, 0) is 16.1 Å². The Kier molecular flexibility index (Phi) is 6.18. The van der Waals surface area contributed by atoms with Crippen molar-refractivity contribution >= 4 is 23.3 Å². The lowest BCUT2D eigenvalue weighted by Crippen LogP contribution is -3.08. The van der Waals surface area contributed by atoms with Crippen LogP contribution in [0.2, 0.25) is 0 Å². The summed E-state index contributed by atoms with van der Waals surface area (Å²) < 4.78 is 5.17. The first-order valence-corrected chi connectivity index (χ1v) is 8.79. The molecule has 1 aliphatic heterocycles. The van der Waals surface area contributed by atoms with Gasteiger partial charge in [0.2, 0.25) is 0 Å². The molecule has 1 aromatic heterocycles. The highest BCUT2D eigenvalue weighted by molar-refractivity contribution is 7.07. The topological polar surface area (TPSA) is 71.9 Å². The molecule has 0 bridgehead atoms. The van der Waals surface area contributed by atoms with E-state index in [9.17, 15) is 9.59 Å². The summed E-state index contributed by atoms with van der Waals surface area (Å²) in [7, 11) is 2.04. The van der Waals surface area contributed by atoms with Crippen LogP contribution in [0.3, 0.4) is 0 Å². The van der Waals surface area contributed by atoms with Crippen molar-refractivity contribution in [1.29, 1.82) is 0 Å². The third-order valence-electron chi connectivity index (χ3n) is 3.71. The van der Waals surface area contributed by atoms with Crippen molar-refractivity contribution in [2.75, 3.05) is 20.2 Å². The van der Waals surface area contributed by atoms with E-state index in [1.54, 1.807) is 18.3 Å². The minimum Gasteiger partial charge on any atom is -0.463 e. The molecular weight excluding hydrogens is 314 g/mol. The van der Waals surface area contributed by atoms with Crippen LogP contribution in [-0.4, -0.2) is 38.2 Å². The average molecular weight is 338 g/mol. The molecule has 0 saturated heterocycles. The van der Waals surface area contributed by atoms with Crippen LogP contribution in [0.4, 0.5) is 4.79 Å². The number of carbonyl (C=O) groups excluding carboxylic acids is 2. The number of likely N-dealkylation sites (N-methyl/N-ethyl adjacent to an activating group) is 1. The standard InChI is InChI=1S/C16H23N3O3S/c1-4-12-14(15(20)22-5-2)13(18-16(21)17-12)9-19(3)8-11-6-7-23-10-11/h6-7,10,12H,4-5,8-9H2,1-3H3,(H2,17,18,21)/p+1/t12-/m0/s1. The van der Waals surface area contributed by atoms with Crippen LogP contribution in [0.5, 0.6) is 0 Å². The lowest BCUT2D eigenvalue weighted by Gasteiger charge is -2.29. The summed E-state index contributed by atoms with van der Waals surface area (Å²) in [6, 6.07) is 1.53. The van der Waals surface area contributed by atoms with Crippen molar-refractivity contribution in [3.05, 3.63) is 33.7 Å². The van der Waals surface area contributed by atoms with E-state index in [1.807, 2.05) is 19.4 Å². The number of thiophene rings is 1. The molecule has 6 nitrogen and oxygen atoms in total. The number of nitrogens with one attached hydrogen (secondary N) is 3. The molecule has 0 spiro atoms. The van der Waals surface area contributed by atoms with Gasteiger partial charge in [-0.05, 0) is 30.2 Å². The predicted molar refractivity (Wildman–Crippen MR) is 89.2 cm³/mol. The first-order valence-electron chi connectivity index (χ1n) is 7.85. The molecule has 0 radical (unpaired) electrons. The van der Waals surface area contributed by atoms with E-state index < -0.39 is 0 Å². The highest BCUT2D eigenvalue weighted by Crippen LogP contribution is 2.16. The second kappa shape index (κ2) is 8.12. The van der Waals surface area contributed by atoms with Crippen LogP contribution in [0.1, 0.15) is 25.8 Å². The average Bonchev–Trinajstić information content (AvgIpc) is 2.99. The minimum atomic E-state index is -0.356. The van der Waals surface area contributed by atoms with E-state index in [0.29, 0.717) is 30.8 Å². The van der Waals surface area contributed by atoms with E-state index >= 15 is 0 Å². The Morgan fingerprint density at radius 1 is 1.39 bits per heavy atom. The van der Waals surface area contributed by atoms with Crippen LogP contribution < -0.4 is 15.5 Å². The zero-order chi connectivity index (χ0) is 16.8. The van der Waals surface area contributed by atoms with Crippen LogP contribution in [0.15, 0.2) is 28.1 Å². The van der Waals surface area contributed by atoms with Gasteiger partial charge in [0.25, 0.3) is 0 Å². The number of quaternary nitrogens is 1. The molecular formula is C16H24N3O3S+. The number of esters is 1. The van der Waals surface area contributed by atoms with Crippen molar-refractivity contribution in [3.8, 4) is 0 Å². The fraction of sp³-hybridized carbons (Fsp3) is 0.500. The van der Waals surface area contributed by atoms with Gasteiger partial charge in [-0.25, -0.2) is 9.59 Å². The number of carbonyl (C=O) groups is 2. The fourth-order valence-corrected chi connectivity index (χ4v) is 3.38. The summed E-state index contributed by atoms with van der Waals surface area (Å²) >= 11 is 1.66. The third kappa shape index (κ3) is 4.56. The Bertz CT molecular complexity index is 583. The molecule has 0 fully saturated rings. The summed E-state index contributed by atoms with van der Waals surface area (Å²) in [6.07, 6.45) is 0.647. The normalized spacial score (nSPS) is 19.1. The summed E-state index contributed by atoms with van der Waals surface area (Å²) in [5, 5.41) is 9.74. The van der Waals surface area contributed by atoms with Gasteiger partial charge in [0, 0.05) is 5.56 Å². The van der Waals surface area contributed by atoms with Crippen molar-refractivity contribution in [1.82, 2.24) is 10.6 Å². The Balaban J connectivity index is 2.20. The largest absolute Gasteiger partial charge is 0.463 e. The van der Waals surface area contributed by atoms with E-state index in [0.717, 1.165) is 6.54 Å². The number of hydrogen-bond donors (Lipinski definition) is 3. The van der Waals surface area contributed by atoms with Gasteiger partial charge in [-0.3, -0.25) is 0 Å². The van der Waals surface area contributed by atoms with Gasteiger partial charge in [-0.1, -0.05) is 6.92 Å². The lowest BCUT2D eigenvalue weighted by molar-refractivity contribution is -0.889. The molecule has 2 amide bonds. The van der Waals surface area contributed by atoms with Gasteiger partial charge in [-0.2, -0.15) is 11.3 Å². The fourth-order valence-electron chi connectivity index (χ4n) is 2.71. The molecule has 126 valence electrons. The van der Waals surface area contributed by atoms with E-state index in [1.165, 1.54) is 10.5 Å². The zero-order valence-electron chi connectivity index (χ0n) is 13.8. The van der Waals surface area contributed by atoms with Gasteiger partial charge >= 0.3 is 12.0 Å². The van der Waals surface area contributed by atoms with Crippen LogP contribution in [0, 0.1) is 0 Å². The number of urea groups is 1. The monoisotopic (exact) mass is 338 g/mol. The summed E-state index contributed by atoms with van der Waals surface area (Å²) in [4.78, 5) is 25.3. The minimum absolute atomic E-state index is 0.261. The quantitative estimate of drug-likeness (QED) is 0.640. The summed E-state index contributed by atoms with van der Waals surface area (Å²) in [6.45, 7) is 5.44. The molecule has 1 aliphatic rings. The molecule has 3 N–H and O–H groups in total. The highest BCUT2D eigenvalue weighted by atomic mass is 32.1. The lowest BCUT2D eigenvalue weighted by atomic mass is 10.00. The highest BCUT2D eigenvalue weighted by Gasteiger charge is 2.32. The number of ether oxygens (including phenoxy) is 1. The first-order chi connectivity index (χ1) is 11.0. The van der Waals surface area contributed by atoms with Crippen molar-refractivity contribution < 1.29 is 19.2 Å². The SMILES string of the molecule is CCOC(=O)C1=C(C[NH+](C)Cc2ccsc2)NC(=O)N[C@H]1CC. The zero-order valence-corrected chi connectivity index (χ0v) is 14.6. The second-order valence-corrected chi connectivity index (χ2v) is 6.39. The Labute approximate surface area is 140 Å².